The summed E-state index contributed by atoms with van der Waals surface area (Å²) in [6, 6.07) is 18.1. The van der Waals surface area contributed by atoms with Crippen molar-refractivity contribution in [2.24, 2.45) is 0 Å². The smallest absolute Gasteiger partial charge is 0.320 e. The first-order chi connectivity index (χ1) is 25.8. The van der Waals surface area contributed by atoms with E-state index in [1.54, 1.807) is 22.9 Å². The van der Waals surface area contributed by atoms with Crippen LogP contribution >= 0.6 is 11.6 Å². The molecule has 1 fully saturated rings. The molecule has 0 saturated carbocycles. The largest absolute Gasteiger partial charge is 0.491 e. The molecule has 3 aromatic heterocycles. The number of nitrogens with zero attached hydrogens (tertiary/aromatic N) is 6. The highest BCUT2D eigenvalue weighted by molar-refractivity contribution is 7.85. The number of carbonyl (C=O) groups is 1. The molecule has 286 valence electrons. The van der Waals surface area contributed by atoms with Crippen molar-refractivity contribution in [2.75, 3.05) is 42.8 Å². The van der Waals surface area contributed by atoms with Gasteiger partial charge in [0.15, 0.2) is 5.65 Å². The lowest BCUT2D eigenvalue weighted by Gasteiger charge is -2.32. The van der Waals surface area contributed by atoms with Crippen LogP contribution in [0.4, 0.5) is 16.6 Å². The molecule has 1 saturated heterocycles. The van der Waals surface area contributed by atoms with Crippen molar-refractivity contribution in [3.05, 3.63) is 88.7 Å². The molecule has 54 heavy (non-hydrogen) atoms. The average molecular weight is 777 g/mol. The van der Waals surface area contributed by atoms with Crippen molar-refractivity contribution in [3.63, 3.8) is 0 Å². The van der Waals surface area contributed by atoms with Gasteiger partial charge >= 0.3 is 6.03 Å². The van der Waals surface area contributed by atoms with Crippen LogP contribution in [0.25, 0.3) is 11.3 Å². The van der Waals surface area contributed by atoms with Crippen molar-refractivity contribution >= 4 is 45.2 Å². The SMILES string of the molecule is CC(C)(C)c1cc(NC(=O)N[C@H]2CC[C@@H](Oc3ccc4nnc(N5CCCCC5)n4c3)c3ccccc32)n(-c2cc(OCCOS(C)(=O)=O)ccc2Cl)n1. The topological polar surface area (TPSA) is 154 Å². The number of hydrogen-bond donors (Lipinski definition) is 2. The Hall–Kier alpha value is -4.86. The maximum atomic E-state index is 13.7. The number of urea groups is 1. The fourth-order valence-corrected chi connectivity index (χ4v) is 7.41. The molecule has 0 bridgehead atoms. The lowest BCUT2D eigenvalue weighted by molar-refractivity contribution is 0.171. The van der Waals surface area contributed by atoms with Crippen LogP contribution in [0, 0.1) is 0 Å². The van der Waals surface area contributed by atoms with Gasteiger partial charge in [-0.1, -0.05) is 56.6 Å². The van der Waals surface area contributed by atoms with Crippen LogP contribution in [0.3, 0.4) is 0 Å². The van der Waals surface area contributed by atoms with E-state index in [-0.39, 0.29) is 30.8 Å². The van der Waals surface area contributed by atoms with Crippen LogP contribution in [-0.4, -0.2) is 71.4 Å². The number of nitrogens with one attached hydrogen (secondary N) is 2. The normalized spacial score (nSPS) is 17.6. The van der Waals surface area contributed by atoms with Gasteiger partial charge in [0.05, 0.1) is 34.9 Å². The first-order valence-electron chi connectivity index (χ1n) is 18.1. The number of benzene rings is 2. The summed E-state index contributed by atoms with van der Waals surface area (Å²) in [5.41, 5.74) is 3.64. The number of halogens is 1. The van der Waals surface area contributed by atoms with E-state index >= 15 is 0 Å². The van der Waals surface area contributed by atoms with Gasteiger partial charge in [-0.05, 0) is 67.5 Å². The van der Waals surface area contributed by atoms with Gasteiger partial charge in [-0.25, -0.2) is 9.48 Å². The molecule has 2 N–H and O–H groups in total. The molecule has 1 aliphatic carbocycles. The molecule has 2 aliphatic rings. The standard InChI is InChI=1S/C38H45ClN8O6S/c1-38(2,3)33-23-35(47(44-33)31-22-25(12-14-29(31)39)51-20-21-52-54(4,49)50)41-36(48)40-30-15-16-32(28-11-7-6-10-27(28)30)53-26-13-17-34-42-43-37(46(34)24-26)45-18-8-5-9-19-45/h6-7,10-14,17,22-24,30,32H,5,8-9,15-16,18-21H2,1-4H3,(H2,40,41,48)/t30-,32+/m0/s1. The Bertz CT molecular complexity index is 2250. The fourth-order valence-electron chi connectivity index (χ4n) is 6.85. The Kier molecular flexibility index (Phi) is 10.7. The second-order valence-electron chi connectivity index (χ2n) is 14.7. The van der Waals surface area contributed by atoms with Crippen molar-refractivity contribution in [1.82, 2.24) is 29.7 Å². The van der Waals surface area contributed by atoms with Crippen LogP contribution in [0.1, 0.15) is 81.8 Å². The number of ether oxygens (including phenoxy) is 2. The monoisotopic (exact) mass is 776 g/mol. The van der Waals surface area contributed by atoms with E-state index in [2.05, 4.69) is 31.8 Å². The van der Waals surface area contributed by atoms with E-state index in [0.29, 0.717) is 35.1 Å². The van der Waals surface area contributed by atoms with Gasteiger partial charge in [0.1, 0.15) is 36.6 Å². The summed E-state index contributed by atoms with van der Waals surface area (Å²) in [5, 5.41) is 20.2. The van der Waals surface area contributed by atoms with Gasteiger partial charge in [0, 0.05) is 30.6 Å². The predicted octanol–water partition coefficient (Wildman–Crippen LogP) is 6.99. The maximum Gasteiger partial charge on any atom is 0.320 e. The highest BCUT2D eigenvalue weighted by atomic mass is 35.5. The zero-order valence-electron chi connectivity index (χ0n) is 30.8. The number of piperidine rings is 1. The molecular weight excluding hydrogens is 732 g/mol. The number of fused-ring (bicyclic) bond motifs is 2. The maximum absolute atomic E-state index is 13.7. The van der Waals surface area contributed by atoms with Crippen molar-refractivity contribution < 1.29 is 26.9 Å². The third-order valence-electron chi connectivity index (χ3n) is 9.53. The van der Waals surface area contributed by atoms with Gasteiger partial charge < -0.3 is 19.7 Å². The summed E-state index contributed by atoms with van der Waals surface area (Å²) in [5.74, 6) is 2.40. The number of aromatic nitrogens is 5. The number of carbonyl (C=O) groups excluding carboxylic acids is 1. The lowest BCUT2D eigenvalue weighted by Crippen LogP contribution is -2.36. The van der Waals surface area contributed by atoms with E-state index in [1.807, 2.05) is 67.8 Å². The highest BCUT2D eigenvalue weighted by Crippen LogP contribution is 2.39. The van der Waals surface area contributed by atoms with Crippen molar-refractivity contribution in [3.8, 4) is 17.2 Å². The van der Waals surface area contributed by atoms with Crippen LogP contribution in [0.15, 0.2) is 66.9 Å². The van der Waals surface area contributed by atoms with Gasteiger partial charge in [0.25, 0.3) is 10.1 Å². The lowest BCUT2D eigenvalue weighted by atomic mass is 9.85. The molecule has 0 radical (unpaired) electrons. The number of pyridine rings is 1. The second-order valence-corrected chi connectivity index (χ2v) is 16.7. The molecule has 4 heterocycles. The Balaban J connectivity index is 1.07. The third kappa shape index (κ3) is 8.58. The van der Waals surface area contributed by atoms with Crippen LogP contribution in [-0.2, 0) is 19.7 Å². The highest BCUT2D eigenvalue weighted by Gasteiger charge is 2.30. The third-order valence-corrected chi connectivity index (χ3v) is 10.4. The molecule has 5 aromatic rings. The zero-order chi connectivity index (χ0) is 38.0. The number of amides is 2. The minimum absolute atomic E-state index is 0.000241. The van der Waals surface area contributed by atoms with E-state index in [1.165, 1.54) is 6.42 Å². The minimum atomic E-state index is -3.59. The molecule has 0 spiro atoms. The second kappa shape index (κ2) is 15.5. The predicted molar refractivity (Wildman–Crippen MR) is 207 cm³/mol. The number of anilines is 2. The molecular formula is C38H45ClN8O6S. The summed E-state index contributed by atoms with van der Waals surface area (Å²) < 4.78 is 43.4. The Morgan fingerprint density at radius 2 is 1.70 bits per heavy atom. The number of rotatable bonds is 11. The Labute approximate surface area is 319 Å². The quantitative estimate of drug-likeness (QED) is 0.106. The molecule has 2 atom stereocenters. The molecule has 16 heteroatoms. The fraction of sp³-hybridized carbons (Fsp3) is 0.421. The van der Waals surface area contributed by atoms with Crippen molar-refractivity contribution in [1.29, 1.82) is 0 Å². The molecule has 14 nitrogen and oxygen atoms in total. The average Bonchev–Trinajstić information content (AvgIpc) is 3.76. The van der Waals surface area contributed by atoms with E-state index in [4.69, 9.17) is 30.4 Å². The molecule has 2 aromatic carbocycles. The van der Waals surface area contributed by atoms with E-state index < -0.39 is 16.1 Å². The van der Waals surface area contributed by atoms with E-state index in [0.717, 1.165) is 66.4 Å². The minimum Gasteiger partial charge on any atom is -0.491 e. The molecule has 1 aliphatic heterocycles. The summed E-state index contributed by atoms with van der Waals surface area (Å²) in [6.07, 6.45) is 7.60. The summed E-state index contributed by atoms with van der Waals surface area (Å²) in [6.45, 7) is 7.87. The molecule has 7 rings (SSSR count). The summed E-state index contributed by atoms with van der Waals surface area (Å²) >= 11 is 6.66. The van der Waals surface area contributed by atoms with Gasteiger partial charge in [-0.3, -0.25) is 13.9 Å². The van der Waals surface area contributed by atoms with Gasteiger partial charge in [-0.15, -0.1) is 10.2 Å². The first kappa shape index (κ1) is 37.5. The van der Waals surface area contributed by atoms with Gasteiger partial charge in [-0.2, -0.15) is 13.5 Å². The van der Waals surface area contributed by atoms with Crippen LogP contribution < -0.4 is 25.0 Å². The first-order valence-corrected chi connectivity index (χ1v) is 20.3. The Morgan fingerprint density at radius 1 is 0.944 bits per heavy atom. The van der Waals surface area contributed by atoms with Crippen molar-refractivity contribution in [2.45, 2.75) is 70.4 Å². The van der Waals surface area contributed by atoms with Crippen LogP contribution in [0.5, 0.6) is 11.5 Å². The number of hydrogen-bond acceptors (Lipinski definition) is 10. The molecule has 2 amide bonds. The zero-order valence-corrected chi connectivity index (χ0v) is 32.4. The van der Waals surface area contributed by atoms with Crippen LogP contribution in [0.2, 0.25) is 5.02 Å². The Morgan fingerprint density at radius 3 is 2.46 bits per heavy atom. The summed E-state index contributed by atoms with van der Waals surface area (Å²) in [4.78, 5) is 16.0. The van der Waals surface area contributed by atoms with Gasteiger partial charge in [0.2, 0.25) is 5.95 Å². The molecule has 0 unspecified atom stereocenters. The summed E-state index contributed by atoms with van der Waals surface area (Å²) in [7, 11) is -3.59. The van der Waals surface area contributed by atoms with E-state index in [9.17, 15) is 13.2 Å².